The van der Waals surface area contributed by atoms with Crippen LogP contribution < -0.4 is 10.2 Å². The molecule has 0 unspecified atom stereocenters. The Morgan fingerprint density at radius 3 is 2.59 bits per heavy atom. The summed E-state index contributed by atoms with van der Waals surface area (Å²) in [5.74, 6) is -0.616. The molecule has 7 heteroatoms. The van der Waals surface area contributed by atoms with Crippen LogP contribution in [0.2, 0.25) is 0 Å². The van der Waals surface area contributed by atoms with Gasteiger partial charge in [0.2, 0.25) is 0 Å². The molecule has 1 aromatic heterocycles. The number of rotatable bonds is 4. The summed E-state index contributed by atoms with van der Waals surface area (Å²) in [5.41, 5.74) is 1.69. The number of hydrogen-bond donors (Lipinski definition) is 1. The lowest BCUT2D eigenvalue weighted by atomic mass is 10.1. The number of carbonyl (C=O) groups is 2. The predicted octanol–water partition coefficient (Wildman–Crippen LogP) is 4.44. The molecular formula is C20H14BrN3O3. The van der Waals surface area contributed by atoms with Crippen LogP contribution in [-0.2, 0) is 0 Å². The van der Waals surface area contributed by atoms with E-state index in [-0.39, 0.29) is 17.6 Å². The Hall–Kier alpha value is -3.37. The number of hydrogen-bond acceptors (Lipinski definition) is 4. The summed E-state index contributed by atoms with van der Waals surface area (Å²) in [6, 6.07) is 18.6. The minimum atomic E-state index is -0.388. The molecule has 0 spiro atoms. The van der Waals surface area contributed by atoms with Crippen LogP contribution in [0.3, 0.4) is 0 Å². The number of nitrogens with one attached hydrogen (secondary N) is 1. The second kappa shape index (κ2) is 7.89. The number of para-hydroxylation sites is 1. The zero-order valence-electron chi connectivity index (χ0n) is 14.3. The summed E-state index contributed by atoms with van der Waals surface area (Å²) in [5, 5.41) is 11.7. The highest BCUT2D eigenvalue weighted by Crippen LogP contribution is 2.24. The topological polar surface area (TPSA) is 86.3 Å². The quantitative estimate of drug-likeness (QED) is 0.671. The van der Waals surface area contributed by atoms with Gasteiger partial charge in [-0.15, -0.1) is 0 Å². The fraction of sp³-hybridized carbons (Fsp3) is 0.0500. The second-order valence-electron chi connectivity index (χ2n) is 5.63. The number of benzene rings is 2. The third-order valence-electron chi connectivity index (χ3n) is 3.85. The number of nitrogens with zero attached hydrogens (tertiary/aromatic N) is 2. The molecule has 1 heterocycles. The first-order chi connectivity index (χ1) is 13.0. The van der Waals surface area contributed by atoms with E-state index in [2.05, 4.69) is 21.2 Å². The van der Waals surface area contributed by atoms with E-state index < -0.39 is 0 Å². The standard InChI is InChI=1S/C20H14BrN3O3/c1-24(20(26)17-9-10-18(21)27-17)16-8-3-2-7-15(16)19(25)23-14-6-4-5-13(11-14)12-22/h2-11H,1H3,(H,23,25). The number of furan rings is 1. The minimum absolute atomic E-state index is 0.154. The molecule has 0 aliphatic heterocycles. The number of nitriles is 1. The van der Waals surface area contributed by atoms with Gasteiger partial charge in [-0.1, -0.05) is 18.2 Å². The van der Waals surface area contributed by atoms with Crippen molar-refractivity contribution < 1.29 is 14.0 Å². The summed E-state index contributed by atoms with van der Waals surface area (Å²) >= 11 is 3.17. The molecule has 0 atom stereocenters. The molecule has 2 amide bonds. The molecule has 6 nitrogen and oxygen atoms in total. The van der Waals surface area contributed by atoms with E-state index in [0.717, 1.165) is 0 Å². The molecule has 2 aromatic carbocycles. The molecule has 0 aliphatic rings. The van der Waals surface area contributed by atoms with Crippen molar-refractivity contribution in [3.05, 3.63) is 82.2 Å². The maximum Gasteiger partial charge on any atom is 0.293 e. The molecule has 0 saturated carbocycles. The third-order valence-corrected chi connectivity index (χ3v) is 4.27. The zero-order chi connectivity index (χ0) is 19.4. The van der Waals surface area contributed by atoms with Gasteiger partial charge in [0.25, 0.3) is 11.8 Å². The van der Waals surface area contributed by atoms with Crippen LogP contribution in [-0.4, -0.2) is 18.9 Å². The highest BCUT2D eigenvalue weighted by Gasteiger charge is 2.22. The van der Waals surface area contributed by atoms with Gasteiger partial charge in [0.05, 0.1) is 22.9 Å². The Morgan fingerprint density at radius 2 is 1.89 bits per heavy atom. The van der Waals surface area contributed by atoms with Crippen LogP contribution in [0.15, 0.2) is 69.8 Å². The molecule has 0 fully saturated rings. The molecule has 3 aromatic rings. The maximum atomic E-state index is 12.7. The van der Waals surface area contributed by atoms with Gasteiger partial charge in [-0.3, -0.25) is 9.59 Å². The Balaban J connectivity index is 1.87. The van der Waals surface area contributed by atoms with Crippen molar-refractivity contribution in [1.82, 2.24) is 0 Å². The fourth-order valence-electron chi connectivity index (χ4n) is 2.53. The number of halogens is 1. The maximum absolute atomic E-state index is 12.7. The summed E-state index contributed by atoms with van der Waals surface area (Å²) < 4.78 is 5.75. The molecular weight excluding hydrogens is 410 g/mol. The SMILES string of the molecule is CN(C(=O)c1ccc(Br)o1)c1ccccc1C(=O)Nc1cccc(C#N)c1. The predicted molar refractivity (Wildman–Crippen MR) is 105 cm³/mol. The zero-order valence-corrected chi connectivity index (χ0v) is 15.9. The van der Waals surface area contributed by atoms with Crippen molar-refractivity contribution in [1.29, 1.82) is 5.26 Å². The van der Waals surface area contributed by atoms with Gasteiger partial charge in [-0.2, -0.15) is 5.26 Å². The van der Waals surface area contributed by atoms with Crippen molar-refractivity contribution in [3.8, 4) is 6.07 Å². The van der Waals surface area contributed by atoms with Crippen LogP contribution >= 0.6 is 15.9 Å². The Bertz CT molecular complexity index is 1050. The van der Waals surface area contributed by atoms with E-state index in [1.54, 1.807) is 67.7 Å². The Morgan fingerprint density at radius 1 is 1.11 bits per heavy atom. The fourth-order valence-corrected chi connectivity index (χ4v) is 2.83. The van der Waals surface area contributed by atoms with Crippen molar-refractivity contribution in [2.24, 2.45) is 0 Å². The lowest BCUT2D eigenvalue weighted by molar-refractivity contribution is 0.0965. The van der Waals surface area contributed by atoms with Crippen molar-refractivity contribution in [2.45, 2.75) is 0 Å². The normalized spacial score (nSPS) is 10.1. The average Bonchev–Trinajstić information content (AvgIpc) is 3.13. The molecule has 27 heavy (non-hydrogen) atoms. The monoisotopic (exact) mass is 423 g/mol. The van der Waals surface area contributed by atoms with Crippen molar-refractivity contribution in [2.75, 3.05) is 17.3 Å². The largest absolute Gasteiger partial charge is 0.444 e. The first-order valence-corrected chi connectivity index (χ1v) is 8.73. The van der Waals surface area contributed by atoms with Gasteiger partial charge in [0, 0.05) is 12.7 Å². The van der Waals surface area contributed by atoms with Crippen LogP contribution in [0.5, 0.6) is 0 Å². The van der Waals surface area contributed by atoms with Crippen LogP contribution in [0.1, 0.15) is 26.5 Å². The van der Waals surface area contributed by atoms with Crippen LogP contribution in [0.25, 0.3) is 0 Å². The average molecular weight is 424 g/mol. The van der Waals surface area contributed by atoms with Crippen LogP contribution in [0, 0.1) is 11.3 Å². The Kier molecular flexibility index (Phi) is 5.38. The highest BCUT2D eigenvalue weighted by atomic mass is 79.9. The smallest absolute Gasteiger partial charge is 0.293 e. The summed E-state index contributed by atoms with van der Waals surface area (Å²) in [4.78, 5) is 26.7. The van der Waals surface area contributed by atoms with Crippen molar-refractivity contribution in [3.63, 3.8) is 0 Å². The Labute approximate surface area is 164 Å². The van der Waals surface area contributed by atoms with Gasteiger partial charge in [0.15, 0.2) is 10.4 Å². The van der Waals surface area contributed by atoms with E-state index in [1.807, 2.05) is 6.07 Å². The van der Waals surface area contributed by atoms with E-state index in [0.29, 0.717) is 27.2 Å². The lowest BCUT2D eigenvalue weighted by Gasteiger charge is -2.19. The molecule has 0 radical (unpaired) electrons. The highest BCUT2D eigenvalue weighted by molar-refractivity contribution is 9.10. The molecule has 1 N–H and O–H groups in total. The minimum Gasteiger partial charge on any atom is -0.444 e. The molecule has 3 rings (SSSR count). The second-order valence-corrected chi connectivity index (χ2v) is 6.41. The summed E-state index contributed by atoms with van der Waals surface area (Å²) in [6.07, 6.45) is 0. The molecule has 134 valence electrons. The van der Waals surface area contributed by atoms with Crippen molar-refractivity contribution >= 4 is 39.1 Å². The number of amides is 2. The van der Waals surface area contributed by atoms with Crippen LogP contribution in [0.4, 0.5) is 11.4 Å². The van der Waals surface area contributed by atoms with Gasteiger partial charge < -0.3 is 14.6 Å². The van der Waals surface area contributed by atoms with E-state index >= 15 is 0 Å². The van der Waals surface area contributed by atoms with Gasteiger partial charge >= 0.3 is 0 Å². The third kappa shape index (κ3) is 4.07. The first-order valence-electron chi connectivity index (χ1n) is 7.93. The number of anilines is 2. The van der Waals surface area contributed by atoms with E-state index in [1.165, 1.54) is 4.90 Å². The number of carbonyl (C=O) groups excluding carboxylic acids is 2. The molecule has 0 saturated heterocycles. The van der Waals surface area contributed by atoms with E-state index in [9.17, 15) is 9.59 Å². The molecule has 0 bridgehead atoms. The summed E-state index contributed by atoms with van der Waals surface area (Å²) in [7, 11) is 1.57. The summed E-state index contributed by atoms with van der Waals surface area (Å²) in [6.45, 7) is 0. The lowest BCUT2D eigenvalue weighted by Crippen LogP contribution is -2.28. The van der Waals surface area contributed by atoms with Gasteiger partial charge in [-0.05, 0) is 58.4 Å². The van der Waals surface area contributed by atoms with Gasteiger partial charge in [0.1, 0.15) is 0 Å². The first kappa shape index (κ1) is 18.4. The van der Waals surface area contributed by atoms with E-state index in [4.69, 9.17) is 9.68 Å². The van der Waals surface area contributed by atoms with Gasteiger partial charge in [-0.25, -0.2) is 0 Å². The molecule has 0 aliphatic carbocycles.